The van der Waals surface area contributed by atoms with Gasteiger partial charge < -0.3 is 10.2 Å². The molecule has 2 amide bonds. The monoisotopic (exact) mass is 372 g/mol. The fourth-order valence-corrected chi connectivity index (χ4v) is 4.56. The summed E-state index contributed by atoms with van der Waals surface area (Å²) in [4.78, 5) is 27.8. The molecule has 0 fully saturated rings. The van der Waals surface area contributed by atoms with Crippen LogP contribution < -0.4 is 10.2 Å². The number of benzene rings is 2. The fourth-order valence-electron chi connectivity index (χ4n) is 4.56. The van der Waals surface area contributed by atoms with Crippen LogP contribution in [0.1, 0.15) is 30.0 Å². The Balaban J connectivity index is 1.79. The second-order valence-corrected chi connectivity index (χ2v) is 7.31. The number of nitrogens with one attached hydrogen (secondary N) is 1. The second-order valence-electron chi connectivity index (χ2n) is 7.31. The summed E-state index contributed by atoms with van der Waals surface area (Å²) in [5, 5.41) is 7.56. The van der Waals surface area contributed by atoms with Crippen LogP contribution in [0.15, 0.2) is 54.7 Å². The average Bonchev–Trinajstić information content (AvgIpc) is 3.23. The Labute approximate surface area is 162 Å². The number of fused-ring (bicyclic) bond motifs is 4. The highest BCUT2D eigenvalue weighted by molar-refractivity contribution is 6.15. The predicted octanol–water partition coefficient (Wildman–Crippen LogP) is 3.04. The highest BCUT2D eigenvalue weighted by atomic mass is 16.2. The Morgan fingerprint density at radius 3 is 2.54 bits per heavy atom. The van der Waals surface area contributed by atoms with Crippen molar-refractivity contribution in [3.05, 3.63) is 71.4 Å². The molecule has 140 valence electrons. The van der Waals surface area contributed by atoms with E-state index >= 15 is 0 Å². The van der Waals surface area contributed by atoms with Gasteiger partial charge in [0, 0.05) is 24.7 Å². The lowest BCUT2D eigenvalue weighted by atomic mass is 9.72. The van der Waals surface area contributed by atoms with E-state index in [4.69, 9.17) is 0 Å². The topological polar surface area (TPSA) is 67.2 Å². The minimum Gasteiger partial charge on any atom is -0.314 e. The molecule has 2 aliphatic rings. The molecule has 0 saturated carbocycles. The minimum atomic E-state index is -1.03. The lowest BCUT2D eigenvalue weighted by Gasteiger charge is -2.32. The Morgan fingerprint density at radius 2 is 1.75 bits per heavy atom. The molecule has 2 aliphatic heterocycles. The number of hydrogen-bond acceptors (Lipinski definition) is 3. The van der Waals surface area contributed by atoms with Gasteiger partial charge in [0.1, 0.15) is 11.2 Å². The number of carbonyl (C=O) groups is 2. The van der Waals surface area contributed by atoms with Gasteiger partial charge in [0.15, 0.2) is 0 Å². The van der Waals surface area contributed by atoms with E-state index in [1.54, 1.807) is 22.8 Å². The molecule has 2 aromatic carbocycles. The normalized spacial score (nSPS) is 20.3. The molecule has 1 atom stereocenters. The Hall–Kier alpha value is -3.41. The van der Waals surface area contributed by atoms with Gasteiger partial charge in [-0.1, -0.05) is 43.3 Å². The van der Waals surface area contributed by atoms with Crippen LogP contribution in [0.2, 0.25) is 0 Å². The first-order valence-electron chi connectivity index (χ1n) is 9.42. The van der Waals surface area contributed by atoms with E-state index in [-0.39, 0.29) is 18.2 Å². The number of aryl methyl sites for hydroxylation is 1. The van der Waals surface area contributed by atoms with E-state index in [9.17, 15) is 9.59 Å². The van der Waals surface area contributed by atoms with Gasteiger partial charge in [0.25, 0.3) is 0 Å². The molecule has 0 bridgehead atoms. The number of carbonyl (C=O) groups excluding carboxylic acids is 2. The van der Waals surface area contributed by atoms with E-state index in [2.05, 4.69) is 17.3 Å². The number of nitrogens with zero attached hydrogens (tertiary/aromatic N) is 3. The molecule has 1 unspecified atom stereocenters. The Bertz CT molecular complexity index is 1130. The summed E-state index contributed by atoms with van der Waals surface area (Å²) < 4.78 is 1.75. The van der Waals surface area contributed by atoms with Crippen LogP contribution in [0.5, 0.6) is 0 Å². The van der Waals surface area contributed by atoms with Crippen LogP contribution >= 0.6 is 0 Å². The zero-order valence-electron chi connectivity index (χ0n) is 15.8. The summed E-state index contributed by atoms with van der Waals surface area (Å²) in [5.74, 6) is 0.311. The van der Waals surface area contributed by atoms with E-state index in [1.165, 1.54) is 0 Å². The summed E-state index contributed by atoms with van der Waals surface area (Å²) in [5.41, 5.74) is 3.47. The van der Waals surface area contributed by atoms with Crippen molar-refractivity contribution >= 4 is 23.3 Å². The van der Waals surface area contributed by atoms with E-state index in [0.29, 0.717) is 5.82 Å². The van der Waals surface area contributed by atoms with Crippen molar-refractivity contribution < 1.29 is 9.59 Å². The summed E-state index contributed by atoms with van der Waals surface area (Å²) in [6.45, 7) is 2.08. The van der Waals surface area contributed by atoms with Crippen LogP contribution in [0, 0.1) is 0 Å². The van der Waals surface area contributed by atoms with Crippen LogP contribution in [0.25, 0.3) is 5.69 Å². The number of anilines is 2. The molecule has 5 rings (SSSR count). The number of aromatic nitrogens is 2. The lowest BCUT2D eigenvalue weighted by Crippen LogP contribution is -2.45. The maximum Gasteiger partial charge on any atom is 0.242 e. The van der Waals surface area contributed by atoms with Crippen molar-refractivity contribution in [2.75, 3.05) is 17.3 Å². The summed E-state index contributed by atoms with van der Waals surface area (Å²) in [6.07, 6.45) is 2.66. The van der Waals surface area contributed by atoms with Gasteiger partial charge in [-0.05, 0) is 29.7 Å². The van der Waals surface area contributed by atoms with E-state index < -0.39 is 5.41 Å². The summed E-state index contributed by atoms with van der Waals surface area (Å²) in [6, 6.07) is 15.7. The van der Waals surface area contributed by atoms with Crippen LogP contribution in [-0.2, 0) is 21.4 Å². The van der Waals surface area contributed by atoms with Crippen molar-refractivity contribution in [1.29, 1.82) is 0 Å². The van der Waals surface area contributed by atoms with Gasteiger partial charge in [-0.15, -0.1) is 0 Å². The quantitative estimate of drug-likeness (QED) is 0.752. The second kappa shape index (κ2) is 5.79. The zero-order chi connectivity index (χ0) is 19.5. The highest BCUT2D eigenvalue weighted by Crippen LogP contribution is 2.51. The van der Waals surface area contributed by atoms with Crippen molar-refractivity contribution in [2.24, 2.45) is 0 Å². The number of para-hydroxylation sites is 2. The molecule has 0 aliphatic carbocycles. The first-order valence-corrected chi connectivity index (χ1v) is 9.42. The first kappa shape index (κ1) is 16.7. The molecule has 0 radical (unpaired) electrons. The van der Waals surface area contributed by atoms with Crippen LogP contribution in [0.3, 0.4) is 0 Å². The van der Waals surface area contributed by atoms with Crippen molar-refractivity contribution in [3.8, 4) is 5.69 Å². The summed E-state index contributed by atoms with van der Waals surface area (Å²) in [7, 11) is 1.76. The average molecular weight is 372 g/mol. The first-order chi connectivity index (χ1) is 13.6. The third-order valence-electron chi connectivity index (χ3n) is 5.91. The Kier molecular flexibility index (Phi) is 3.46. The molecular formula is C22H20N4O2. The van der Waals surface area contributed by atoms with E-state index in [0.717, 1.165) is 34.5 Å². The molecule has 1 N–H and O–H groups in total. The molecule has 3 heterocycles. The third kappa shape index (κ3) is 2.00. The van der Waals surface area contributed by atoms with Gasteiger partial charge in [-0.25, -0.2) is 4.68 Å². The largest absolute Gasteiger partial charge is 0.314 e. The highest BCUT2D eigenvalue weighted by Gasteiger charge is 2.56. The number of rotatable bonds is 2. The molecule has 1 aromatic heterocycles. The van der Waals surface area contributed by atoms with Crippen molar-refractivity contribution in [1.82, 2.24) is 9.78 Å². The van der Waals surface area contributed by atoms with Gasteiger partial charge in [-0.3, -0.25) is 9.59 Å². The van der Waals surface area contributed by atoms with Crippen LogP contribution in [0.4, 0.5) is 11.5 Å². The molecular weight excluding hydrogens is 352 g/mol. The van der Waals surface area contributed by atoms with Crippen molar-refractivity contribution in [2.45, 2.75) is 25.2 Å². The molecule has 28 heavy (non-hydrogen) atoms. The minimum absolute atomic E-state index is 0.0846. The number of likely N-dealkylation sites (N-methyl/N-ethyl adjacent to an activating group) is 1. The third-order valence-corrected chi connectivity index (χ3v) is 5.91. The predicted molar refractivity (Wildman–Crippen MR) is 107 cm³/mol. The standard InChI is InChI=1S/C22H20N4O2/c1-3-14-8-4-6-10-17(14)26-20-16(13-23-26)22(12-19(27)24-20)15-9-5-7-11-18(15)25(2)21(22)28/h4-11,13H,3,12H2,1-2H3,(H,24,27). The number of amides is 2. The maximum absolute atomic E-state index is 13.4. The fraction of sp³-hybridized carbons (Fsp3) is 0.227. The van der Waals surface area contributed by atoms with E-state index in [1.807, 2.05) is 48.5 Å². The van der Waals surface area contributed by atoms with Gasteiger partial charge in [-0.2, -0.15) is 5.10 Å². The van der Waals surface area contributed by atoms with Gasteiger partial charge >= 0.3 is 0 Å². The zero-order valence-corrected chi connectivity index (χ0v) is 15.8. The maximum atomic E-state index is 13.4. The molecule has 6 heteroatoms. The van der Waals surface area contributed by atoms with Crippen molar-refractivity contribution in [3.63, 3.8) is 0 Å². The van der Waals surface area contributed by atoms with Gasteiger partial charge in [0.05, 0.1) is 11.9 Å². The molecule has 3 aromatic rings. The lowest BCUT2D eigenvalue weighted by molar-refractivity contribution is -0.126. The molecule has 1 spiro atoms. The molecule has 6 nitrogen and oxygen atoms in total. The smallest absolute Gasteiger partial charge is 0.242 e. The van der Waals surface area contributed by atoms with Gasteiger partial charge in [0.2, 0.25) is 11.8 Å². The Morgan fingerprint density at radius 1 is 1.04 bits per heavy atom. The summed E-state index contributed by atoms with van der Waals surface area (Å²) >= 11 is 0. The SMILES string of the molecule is CCc1ccccc1-n1ncc2c1NC(=O)CC21C(=O)N(C)c2ccccc21. The number of hydrogen-bond donors (Lipinski definition) is 1. The molecule has 0 saturated heterocycles. The van der Waals surface area contributed by atoms with Crippen LogP contribution in [-0.4, -0.2) is 28.6 Å².